The number of esters is 1. The molecule has 0 aromatic carbocycles. The Bertz CT molecular complexity index is 2030. The predicted molar refractivity (Wildman–Crippen MR) is 257 cm³/mol. The summed E-state index contributed by atoms with van der Waals surface area (Å²) >= 11 is 0. The fraction of sp³-hybridized carbons (Fsp3) is 0.906. The van der Waals surface area contributed by atoms with Gasteiger partial charge >= 0.3 is 5.97 Å². The van der Waals surface area contributed by atoms with Gasteiger partial charge in [-0.2, -0.15) is 0 Å². The topological polar surface area (TPSA) is 328 Å². The Morgan fingerprint density at radius 1 is 0.781 bits per heavy atom. The second-order valence-electron chi connectivity index (χ2n) is 25.0. The molecule has 0 aromatic heterocycles. The smallest absolute Gasteiger partial charge is 0.317 e. The van der Waals surface area contributed by atoms with Crippen LogP contribution in [0, 0.1) is 50.2 Å². The number of aliphatic hydroxyl groups is 9. The van der Waals surface area contributed by atoms with Crippen LogP contribution in [0.2, 0.25) is 0 Å². The third-order valence-electron chi connectivity index (χ3n) is 20.4. The minimum absolute atomic E-state index is 0.0355. The van der Waals surface area contributed by atoms with Gasteiger partial charge in [-0.05, 0) is 123 Å². The second kappa shape index (κ2) is 21.2. The van der Waals surface area contributed by atoms with Crippen molar-refractivity contribution in [1.29, 1.82) is 0 Å². The van der Waals surface area contributed by atoms with Crippen molar-refractivity contribution in [3.63, 3.8) is 0 Å². The second-order valence-corrected chi connectivity index (χ2v) is 25.0. The minimum atomic E-state index is -1.93. The van der Waals surface area contributed by atoms with Crippen LogP contribution in [0.5, 0.6) is 0 Å². The molecule has 0 bridgehead atoms. The molecule has 416 valence electrons. The zero-order valence-corrected chi connectivity index (χ0v) is 43.8. The monoisotopic (exact) mass is 1040 g/mol. The molecule has 0 aromatic rings. The van der Waals surface area contributed by atoms with E-state index in [0.29, 0.717) is 38.6 Å². The third kappa shape index (κ3) is 9.59. The molecule has 4 saturated carbocycles. The number of amides is 1. The van der Waals surface area contributed by atoms with Crippen LogP contribution >= 0.6 is 0 Å². The first-order chi connectivity index (χ1) is 34.3. The van der Waals surface area contributed by atoms with Crippen LogP contribution in [-0.2, 0) is 42.8 Å². The van der Waals surface area contributed by atoms with Gasteiger partial charge < -0.3 is 90.2 Å². The lowest BCUT2D eigenvalue weighted by Gasteiger charge is -2.71. The lowest BCUT2D eigenvalue weighted by Crippen LogP contribution is -2.69. The van der Waals surface area contributed by atoms with Gasteiger partial charge in [-0.25, -0.2) is 0 Å². The average molecular weight is 1040 g/mol. The summed E-state index contributed by atoms with van der Waals surface area (Å²) in [4.78, 5) is 41.7. The van der Waals surface area contributed by atoms with Gasteiger partial charge in [-0.3, -0.25) is 9.59 Å². The van der Waals surface area contributed by atoms with Gasteiger partial charge in [0.1, 0.15) is 60.5 Å². The van der Waals surface area contributed by atoms with Gasteiger partial charge in [-0.15, -0.1) is 0 Å². The van der Waals surface area contributed by atoms with Crippen molar-refractivity contribution in [2.24, 2.45) is 50.2 Å². The Morgan fingerprint density at radius 3 is 2.16 bits per heavy atom. The zero-order valence-electron chi connectivity index (χ0n) is 43.8. The third-order valence-corrected chi connectivity index (χ3v) is 20.4. The minimum Gasteiger partial charge on any atom is -0.432 e. The standard InChI is InChI=1S/C53H86N2O18/c1-26-42(71-44-40(65)37(62)29(58)24-68-44)39(64)41(66)45(69-26)72-43-38(63)36(55-35(61)11-9-8-10-20-54)30(23-56)70-46(43)73-47(67)53-19-18-48(2,3)21-28(53)27-12-13-32-49(4)16-15-33(59)50(5,25-57)31(49)14-17-51(32,6)52(27,7)22-34(53)60/h12,25-26,28-34,36-46,56,58-60,62-66H,8-11,13-24,54H2,1-7H3,(H,55,61)/p+1/t26?,28?,29-,30?,31-,32?,33+,34?,36+,37?,38?,39?,40?,41?,42+,43?,44+,45+,46+,49?,50-,51?,52-,53-/m1/s1. The van der Waals surface area contributed by atoms with Gasteiger partial charge in [0.05, 0.1) is 49.5 Å². The molecule has 8 aliphatic rings. The maximum Gasteiger partial charge on any atom is 0.317 e. The molecule has 13 unspecified atom stereocenters. The summed E-state index contributed by atoms with van der Waals surface area (Å²) in [5.74, 6) is -1.69. The Labute approximate surface area is 428 Å². The summed E-state index contributed by atoms with van der Waals surface area (Å²) in [5.41, 5.74) is 1.06. The number of quaternary nitrogens is 1. The van der Waals surface area contributed by atoms with Crippen molar-refractivity contribution >= 4 is 18.2 Å². The number of allylic oxidation sites excluding steroid dienone is 2. The summed E-state index contributed by atoms with van der Waals surface area (Å²) in [7, 11) is 0. The number of aldehydes is 1. The zero-order chi connectivity index (χ0) is 53.4. The Kier molecular flexibility index (Phi) is 16.5. The molecular formula is C53H87N2O18+. The van der Waals surface area contributed by atoms with Gasteiger partial charge in [0.15, 0.2) is 18.7 Å². The first kappa shape index (κ1) is 56.9. The van der Waals surface area contributed by atoms with Crippen molar-refractivity contribution in [1.82, 2.24) is 5.32 Å². The summed E-state index contributed by atoms with van der Waals surface area (Å²) in [6, 6.07) is -1.33. The summed E-state index contributed by atoms with van der Waals surface area (Å²) in [6.07, 6.45) is -12.5. The number of nitrogens with one attached hydrogen (secondary N) is 1. The first-order valence-corrected chi connectivity index (χ1v) is 27.0. The van der Waals surface area contributed by atoms with E-state index in [-0.39, 0.29) is 54.0 Å². The number of hydrogen-bond acceptors (Lipinski definition) is 18. The van der Waals surface area contributed by atoms with Crippen LogP contribution in [0.15, 0.2) is 11.6 Å². The number of ether oxygens (including phenoxy) is 6. The van der Waals surface area contributed by atoms with E-state index in [1.807, 2.05) is 6.92 Å². The number of carbonyl (C=O) groups excluding carboxylic acids is 3. The van der Waals surface area contributed by atoms with Gasteiger partial charge in [0.2, 0.25) is 12.2 Å². The van der Waals surface area contributed by atoms with E-state index in [2.05, 4.69) is 51.7 Å². The molecule has 13 N–H and O–H groups in total. The number of hydrogen-bond donors (Lipinski definition) is 11. The molecule has 1 amide bonds. The molecule has 20 nitrogen and oxygen atoms in total. The molecule has 7 fully saturated rings. The molecule has 3 heterocycles. The highest BCUT2D eigenvalue weighted by Crippen LogP contribution is 2.76. The SMILES string of the molecule is CC1O[C@@H](OC2C(O)[C@@H](NC(=O)CCCCC[NH3+])C(CO)O[C@H]2OC(=O)[C@]23CCC(C)(C)CC2C2=CCC4C5(C)CC[C@H](O)[C@](C)(C=O)[C@@H]5CCC4(C)[C@]2(C)CC3O)C(O)C(O)[C@H]1O[C@@H]1OC[C@@H](O)C(O)C1O. The Hall–Kier alpha value is -2.25. The largest absolute Gasteiger partial charge is 0.432 e. The normalized spacial score (nSPS) is 50.5. The quantitative estimate of drug-likeness (QED) is 0.0468. The summed E-state index contributed by atoms with van der Waals surface area (Å²) < 4.78 is 36.3. The fourth-order valence-electron chi connectivity index (χ4n) is 15.7. The molecule has 20 heteroatoms. The van der Waals surface area contributed by atoms with Crippen LogP contribution in [0.1, 0.15) is 132 Å². The molecule has 3 saturated heterocycles. The number of fused-ring (bicyclic) bond motifs is 7. The summed E-state index contributed by atoms with van der Waals surface area (Å²) in [5, 5.41) is 104. The number of carbonyl (C=O) groups is 3. The average Bonchev–Trinajstić information content (AvgIpc) is 3.33. The van der Waals surface area contributed by atoms with Crippen molar-refractivity contribution in [3.05, 3.63) is 11.6 Å². The Balaban J connectivity index is 1.10. The maximum absolute atomic E-state index is 15.6. The first-order valence-electron chi connectivity index (χ1n) is 27.0. The number of unbranched alkanes of at least 4 members (excludes halogenated alkanes) is 2. The molecule has 5 aliphatic carbocycles. The molecule has 0 radical (unpaired) electrons. The summed E-state index contributed by atoms with van der Waals surface area (Å²) in [6.45, 7) is 14.1. The Morgan fingerprint density at radius 2 is 1.48 bits per heavy atom. The van der Waals surface area contributed by atoms with Crippen molar-refractivity contribution in [2.45, 2.75) is 230 Å². The van der Waals surface area contributed by atoms with Gasteiger partial charge in [0.25, 0.3) is 0 Å². The van der Waals surface area contributed by atoms with Crippen LogP contribution in [0.3, 0.4) is 0 Å². The lowest BCUT2D eigenvalue weighted by atomic mass is 9.33. The van der Waals surface area contributed by atoms with E-state index in [9.17, 15) is 55.5 Å². The van der Waals surface area contributed by atoms with Crippen molar-refractivity contribution < 1.29 is 94.5 Å². The van der Waals surface area contributed by atoms with E-state index in [0.717, 1.165) is 44.0 Å². The molecular weight excluding hydrogens is 953 g/mol. The lowest BCUT2D eigenvalue weighted by molar-refractivity contribution is -0.370. The van der Waals surface area contributed by atoms with Crippen molar-refractivity contribution in [3.8, 4) is 0 Å². The van der Waals surface area contributed by atoms with Crippen LogP contribution in [0.4, 0.5) is 0 Å². The van der Waals surface area contributed by atoms with E-state index >= 15 is 4.79 Å². The molecule has 3 aliphatic heterocycles. The van der Waals surface area contributed by atoms with E-state index in [4.69, 9.17) is 28.4 Å². The van der Waals surface area contributed by atoms with Crippen LogP contribution in [0.25, 0.3) is 0 Å². The highest BCUT2D eigenvalue weighted by molar-refractivity contribution is 5.80. The van der Waals surface area contributed by atoms with Gasteiger partial charge in [0, 0.05) is 6.42 Å². The van der Waals surface area contributed by atoms with Crippen molar-refractivity contribution in [2.75, 3.05) is 19.8 Å². The van der Waals surface area contributed by atoms with E-state index < -0.39 is 139 Å². The molecule has 0 spiro atoms. The highest BCUT2D eigenvalue weighted by Gasteiger charge is 2.72. The van der Waals surface area contributed by atoms with Crippen LogP contribution in [-0.4, -0.2) is 182 Å². The maximum atomic E-state index is 15.6. The molecule has 73 heavy (non-hydrogen) atoms. The van der Waals surface area contributed by atoms with E-state index in [1.165, 1.54) is 6.92 Å². The predicted octanol–water partition coefficient (Wildman–Crippen LogP) is -0.117. The van der Waals surface area contributed by atoms with Crippen LogP contribution < -0.4 is 11.1 Å². The van der Waals surface area contributed by atoms with Gasteiger partial charge in [-0.1, -0.05) is 53.2 Å². The molecule has 8 rings (SSSR count). The highest BCUT2D eigenvalue weighted by atomic mass is 16.8. The number of aliphatic hydroxyl groups excluding tert-OH is 9. The molecule has 24 atom stereocenters. The van der Waals surface area contributed by atoms with E-state index in [1.54, 1.807) is 0 Å². The fourth-order valence-corrected chi connectivity index (χ4v) is 15.7. The number of rotatable bonds is 14.